The minimum Gasteiger partial charge on any atom is -0.377 e. The molecule has 4 heterocycles. The minimum atomic E-state index is -4.72. The molecule has 14 heteroatoms. The maximum absolute atomic E-state index is 14.4. The van der Waals surface area contributed by atoms with Crippen molar-refractivity contribution in [1.29, 1.82) is 0 Å². The fourth-order valence-electron chi connectivity index (χ4n) is 4.81. The zero-order valence-electron chi connectivity index (χ0n) is 21.1. The Hall–Kier alpha value is -3.78. The molecular formula is C25H27F4N7O3. The Labute approximate surface area is 220 Å². The molecule has 2 aliphatic heterocycles. The fourth-order valence-corrected chi connectivity index (χ4v) is 4.81. The summed E-state index contributed by atoms with van der Waals surface area (Å²) in [6.45, 7) is 4.84. The lowest BCUT2D eigenvalue weighted by Gasteiger charge is -2.31. The van der Waals surface area contributed by atoms with Gasteiger partial charge < -0.3 is 24.8 Å². The molecule has 208 valence electrons. The van der Waals surface area contributed by atoms with Gasteiger partial charge in [-0.25, -0.2) is 4.39 Å². The third-order valence-electron chi connectivity index (χ3n) is 6.72. The number of alkyl halides is 3. The highest BCUT2D eigenvalue weighted by atomic mass is 19.4. The van der Waals surface area contributed by atoms with Crippen LogP contribution < -0.4 is 21.1 Å². The maximum atomic E-state index is 14.4. The molecule has 1 saturated heterocycles. The van der Waals surface area contributed by atoms with Gasteiger partial charge in [-0.3, -0.25) is 9.59 Å². The molecule has 10 nitrogen and oxygen atoms in total. The fraction of sp³-hybridized carbons (Fsp3) is 0.440. The molecule has 39 heavy (non-hydrogen) atoms. The van der Waals surface area contributed by atoms with Gasteiger partial charge in [0.05, 0.1) is 30.2 Å². The molecule has 1 amide bonds. The van der Waals surface area contributed by atoms with E-state index in [-0.39, 0.29) is 23.6 Å². The SMILES string of the molecule is CCc1c(N2CCNCC2)c(=O)n2nc(C3=CCOCC3)nc2n1CC(=O)Nc1ccc(C(F)(F)F)cc1F. The number of hydrogen-bond donors (Lipinski definition) is 2. The predicted octanol–water partition coefficient (Wildman–Crippen LogP) is 2.46. The average Bonchev–Trinajstić information content (AvgIpc) is 3.38. The van der Waals surface area contributed by atoms with E-state index in [1.165, 1.54) is 4.52 Å². The summed E-state index contributed by atoms with van der Waals surface area (Å²) in [7, 11) is 0. The topological polar surface area (TPSA) is 106 Å². The molecule has 2 aliphatic rings. The Balaban J connectivity index is 1.56. The second-order valence-electron chi connectivity index (χ2n) is 9.22. The van der Waals surface area contributed by atoms with Crippen LogP contribution in [0.25, 0.3) is 11.4 Å². The van der Waals surface area contributed by atoms with Crippen molar-refractivity contribution >= 4 is 28.6 Å². The number of nitrogens with one attached hydrogen (secondary N) is 2. The monoisotopic (exact) mass is 549 g/mol. The minimum absolute atomic E-state index is 0.140. The van der Waals surface area contributed by atoms with Crippen LogP contribution in [-0.4, -0.2) is 64.5 Å². The van der Waals surface area contributed by atoms with Gasteiger partial charge in [-0.05, 0) is 36.6 Å². The Morgan fingerprint density at radius 1 is 1.23 bits per heavy atom. The van der Waals surface area contributed by atoms with Gasteiger partial charge in [-0.15, -0.1) is 5.10 Å². The number of ether oxygens (including phenoxy) is 1. The number of nitrogens with zero attached hydrogens (tertiary/aromatic N) is 5. The number of hydrogen-bond acceptors (Lipinski definition) is 7. The third kappa shape index (κ3) is 5.39. The highest BCUT2D eigenvalue weighted by Gasteiger charge is 2.31. The van der Waals surface area contributed by atoms with Gasteiger partial charge in [0.15, 0.2) is 5.82 Å². The number of carbonyl (C=O) groups excluding carboxylic acids is 1. The van der Waals surface area contributed by atoms with Crippen molar-refractivity contribution in [3.8, 4) is 0 Å². The molecular weight excluding hydrogens is 522 g/mol. The summed E-state index contributed by atoms with van der Waals surface area (Å²) in [6, 6.07) is 1.90. The molecule has 1 aromatic carbocycles. The van der Waals surface area contributed by atoms with Gasteiger partial charge in [-0.2, -0.15) is 22.7 Å². The molecule has 0 bridgehead atoms. The van der Waals surface area contributed by atoms with Gasteiger partial charge in [0.25, 0.3) is 5.56 Å². The Morgan fingerprint density at radius 3 is 2.64 bits per heavy atom. The first-order valence-electron chi connectivity index (χ1n) is 12.6. The van der Waals surface area contributed by atoms with E-state index in [0.29, 0.717) is 81.6 Å². The Kier molecular flexibility index (Phi) is 7.40. The van der Waals surface area contributed by atoms with Crippen molar-refractivity contribution in [3.05, 3.63) is 57.5 Å². The summed E-state index contributed by atoms with van der Waals surface area (Å²) in [5.41, 5.74) is -0.142. The summed E-state index contributed by atoms with van der Waals surface area (Å²) in [5.74, 6) is -1.43. The first-order valence-corrected chi connectivity index (χ1v) is 12.6. The third-order valence-corrected chi connectivity index (χ3v) is 6.72. The molecule has 0 unspecified atom stereocenters. The molecule has 0 radical (unpaired) electrons. The van der Waals surface area contributed by atoms with Crippen LogP contribution >= 0.6 is 0 Å². The summed E-state index contributed by atoms with van der Waals surface area (Å²) in [5, 5.41) is 10.1. The molecule has 0 saturated carbocycles. The molecule has 0 aliphatic carbocycles. The van der Waals surface area contributed by atoms with Crippen LogP contribution in [0.2, 0.25) is 0 Å². The highest BCUT2D eigenvalue weighted by Crippen LogP contribution is 2.31. The zero-order chi connectivity index (χ0) is 27.7. The maximum Gasteiger partial charge on any atom is 0.416 e. The molecule has 5 rings (SSSR count). The smallest absolute Gasteiger partial charge is 0.377 e. The standard InChI is InChI=1S/C25H27F4N7O3/c1-2-19-21(34-9-7-30-8-10-34)23(38)36-24(32-22(33-36)15-5-11-39-12-6-15)35(19)14-20(37)31-18-4-3-16(13-17(18)26)25(27,28)29/h3-5,13,30H,2,6-12,14H2,1H3,(H,31,37). The second-order valence-corrected chi connectivity index (χ2v) is 9.22. The number of anilines is 2. The van der Waals surface area contributed by atoms with Crippen molar-refractivity contribution in [2.75, 3.05) is 49.6 Å². The van der Waals surface area contributed by atoms with Gasteiger partial charge in [0.2, 0.25) is 11.7 Å². The molecule has 0 atom stereocenters. The van der Waals surface area contributed by atoms with E-state index < -0.39 is 23.5 Å². The number of benzene rings is 1. The predicted molar refractivity (Wildman–Crippen MR) is 135 cm³/mol. The van der Waals surface area contributed by atoms with Crippen LogP contribution in [-0.2, 0) is 28.7 Å². The molecule has 1 fully saturated rings. The zero-order valence-corrected chi connectivity index (χ0v) is 21.1. The van der Waals surface area contributed by atoms with Crippen LogP contribution in [0.4, 0.5) is 28.9 Å². The van der Waals surface area contributed by atoms with Gasteiger partial charge in [0, 0.05) is 26.2 Å². The van der Waals surface area contributed by atoms with E-state index in [1.807, 2.05) is 17.9 Å². The van der Waals surface area contributed by atoms with Crippen LogP contribution in [0.3, 0.4) is 0 Å². The van der Waals surface area contributed by atoms with E-state index in [1.54, 1.807) is 4.57 Å². The van der Waals surface area contributed by atoms with Crippen molar-refractivity contribution in [2.45, 2.75) is 32.5 Å². The summed E-state index contributed by atoms with van der Waals surface area (Å²) in [6.07, 6.45) is -1.94. The van der Waals surface area contributed by atoms with E-state index >= 15 is 0 Å². The van der Waals surface area contributed by atoms with Crippen molar-refractivity contribution in [1.82, 2.24) is 24.5 Å². The average molecular weight is 550 g/mol. The molecule has 0 spiro atoms. The number of carbonyl (C=O) groups is 1. The number of aromatic nitrogens is 4. The van der Waals surface area contributed by atoms with Gasteiger partial charge >= 0.3 is 6.18 Å². The molecule has 2 N–H and O–H groups in total. The van der Waals surface area contributed by atoms with Crippen molar-refractivity contribution in [3.63, 3.8) is 0 Å². The first-order chi connectivity index (χ1) is 18.7. The number of piperazine rings is 1. The van der Waals surface area contributed by atoms with E-state index in [2.05, 4.69) is 20.7 Å². The number of amides is 1. The first kappa shape index (κ1) is 26.8. The van der Waals surface area contributed by atoms with Crippen LogP contribution in [0, 0.1) is 5.82 Å². The lowest BCUT2D eigenvalue weighted by Crippen LogP contribution is -2.47. The largest absolute Gasteiger partial charge is 0.416 e. The summed E-state index contributed by atoms with van der Waals surface area (Å²) >= 11 is 0. The normalized spacial score (nSPS) is 16.4. The summed E-state index contributed by atoms with van der Waals surface area (Å²) in [4.78, 5) is 33.3. The van der Waals surface area contributed by atoms with Gasteiger partial charge in [0.1, 0.15) is 18.0 Å². The van der Waals surface area contributed by atoms with E-state index in [4.69, 9.17) is 4.74 Å². The molecule has 2 aromatic heterocycles. The number of fused-ring (bicyclic) bond motifs is 1. The lowest BCUT2D eigenvalue weighted by atomic mass is 10.1. The van der Waals surface area contributed by atoms with Gasteiger partial charge in [-0.1, -0.05) is 13.0 Å². The van der Waals surface area contributed by atoms with Crippen LogP contribution in [0.15, 0.2) is 29.1 Å². The quantitative estimate of drug-likeness (QED) is 0.455. The van der Waals surface area contributed by atoms with E-state index in [0.717, 1.165) is 11.6 Å². The van der Waals surface area contributed by atoms with Crippen LogP contribution in [0.5, 0.6) is 0 Å². The Morgan fingerprint density at radius 2 is 2.00 bits per heavy atom. The number of halogens is 4. The number of rotatable bonds is 6. The van der Waals surface area contributed by atoms with Crippen LogP contribution in [0.1, 0.15) is 30.4 Å². The Bertz CT molecular complexity index is 1490. The van der Waals surface area contributed by atoms with Crippen molar-refractivity contribution < 1.29 is 27.1 Å². The second kappa shape index (κ2) is 10.8. The van der Waals surface area contributed by atoms with E-state index in [9.17, 15) is 27.2 Å². The van der Waals surface area contributed by atoms with Crippen molar-refractivity contribution in [2.24, 2.45) is 0 Å². The highest BCUT2D eigenvalue weighted by molar-refractivity contribution is 5.91. The lowest BCUT2D eigenvalue weighted by molar-refractivity contribution is -0.137. The molecule has 3 aromatic rings. The summed E-state index contributed by atoms with van der Waals surface area (Å²) < 4.78 is 61.3.